The number of pyridine rings is 1. The molecule has 9 heteroatoms. The number of aliphatic hydroxyl groups is 1. The minimum absolute atomic E-state index is 0.0593. The van der Waals surface area contributed by atoms with Crippen LogP contribution < -0.4 is 10.2 Å². The van der Waals surface area contributed by atoms with Crippen LogP contribution in [0.2, 0.25) is 0 Å². The van der Waals surface area contributed by atoms with Gasteiger partial charge >= 0.3 is 0 Å². The first-order chi connectivity index (χ1) is 17.0. The molecular formula is C26H28N6O3. The third-order valence-electron chi connectivity index (χ3n) is 8.16. The van der Waals surface area contributed by atoms with Crippen LogP contribution in [0.15, 0.2) is 48.9 Å². The van der Waals surface area contributed by atoms with Crippen molar-refractivity contribution in [2.45, 2.75) is 61.8 Å². The van der Waals surface area contributed by atoms with E-state index in [9.17, 15) is 15.2 Å². The summed E-state index contributed by atoms with van der Waals surface area (Å²) in [4.78, 5) is 19.1. The lowest BCUT2D eigenvalue weighted by Gasteiger charge is -2.60. The molecule has 0 aromatic carbocycles. The van der Waals surface area contributed by atoms with Crippen molar-refractivity contribution in [3.63, 3.8) is 0 Å². The first-order valence-corrected chi connectivity index (χ1v) is 12.2. The molecule has 9 nitrogen and oxygen atoms in total. The summed E-state index contributed by atoms with van der Waals surface area (Å²) in [6.07, 6.45) is 9.68. The van der Waals surface area contributed by atoms with E-state index >= 15 is 0 Å². The van der Waals surface area contributed by atoms with Gasteiger partial charge in [-0.15, -0.1) is 0 Å². The summed E-state index contributed by atoms with van der Waals surface area (Å²) in [6, 6.07) is 11.6. The van der Waals surface area contributed by atoms with Gasteiger partial charge in [0.05, 0.1) is 47.2 Å². The van der Waals surface area contributed by atoms with Crippen LogP contribution in [0.4, 0.5) is 5.82 Å². The van der Waals surface area contributed by atoms with Crippen molar-refractivity contribution < 1.29 is 14.6 Å². The molecule has 4 heterocycles. The summed E-state index contributed by atoms with van der Waals surface area (Å²) in [5.41, 5.74) is 1.27. The number of rotatable bonds is 6. The number of nitrogens with one attached hydrogen (secondary N) is 1. The second-order valence-electron chi connectivity index (χ2n) is 10.1. The van der Waals surface area contributed by atoms with Crippen LogP contribution in [0.5, 0.6) is 0 Å². The number of amides is 1. The molecule has 2 N–H and O–H groups in total. The van der Waals surface area contributed by atoms with E-state index in [0.29, 0.717) is 24.3 Å². The van der Waals surface area contributed by atoms with Gasteiger partial charge in [0.2, 0.25) is 0 Å². The first-order valence-electron chi connectivity index (χ1n) is 12.2. The number of hydrogen-bond donors (Lipinski definition) is 2. The van der Waals surface area contributed by atoms with Gasteiger partial charge in [-0.1, -0.05) is 0 Å². The van der Waals surface area contributed by atoms with E-state index in [1.165, 1.54) is 0 Å². The van der Waals surface area contributed by atoms with Gasteiger partial charge in [0, 0.05) is 24.5 Å². The molecular weight excluding hydrogens is 444 g/mol. The van der Waals surface area contributed by atoms with Crippen LogP contribution in [0, 0.1) is 11.3 Å². The molecule has 1 aliphatic heterocycles. The van der Waals surface area contributed by atoms with Gasteiger partial charge in [0.25, 0.3) is 5.91 Å². The first kappa shape index (κ1) is 22.0. The van der Waals surface area contributed by atoms with E-state index in [1.54, 1.807) is 30.7 Å². The Labute approximate surface area is 203 Å². The van der Waals surface area contributed by atoms with Gasteiger partial charge in [-0.3, -0.25) is 9.78 Å². The minimum Gasteiger partial charge on any atom is -0.390 e. The molecule has 0 radical (unpaired) electrons. The average Bonchev–Trinajstić information content (AvgIpc) is 3.30. The maximum atomic E-state index is 12.6. The highest BCUT2D eigenvalue weighted by Gasteiger charge is 2.55. The highest BCUT2D eigenvalue weighted by Crippen LogP contribution is 2.52. The zero-order valence-corrected chi connectivity index (χ0v) is 19.4. The van der Waals surface area contributed by atoms with Crippen molar-refractivity contribution in [2.75, 3.05) is 18.1 Å². The fourth-order valence-electron chi connectivity index (χ4n) is 6.05. The highest BCUT2D eigenvalue weighted by molar-refractivity contribution is 5.93. The summed E-state index contributed by atoms with van der Waals surface area (Å²) in [5.74, 6) is 0.796. The number of carbonyl (C=O) groups is 1. The molecule has 35 heavy (non-hydrogen) atoms. The van der Waals surface area contributed by atoms with Crippen LogP contribution >= 0.6 is 0 Å². The quantitative estimate of drug-likeness (QED) is 0.566. The van der Waals surface area contributed by atoms with Crippen LogP contribution in [-0.4, -0.2) is 62.0 Å². The number of anilines is 1. The Kier molecular flexibility index (Phi) is 5.24. The molecule has 4 fully saturated rings. The summed E-state index contributed by atoms with van der Waals surface area (Å²) in [6.45, 7) is 0.952. The van der Waals surface area contributed by atoms with Crippen molar-refractivity contribution in [1.82, 2.24) is 19.9 Å². The zero-order valence-electron chi connectivity index (χ0n) is 19.4. The Morgan fingerprint density at radius 3 is 2.69 bits per heavy atom. The largest absolute Gasteiger partial charge is 0.390 e. The SMILES string of the molecule is N#Cc1cnn2c(N(C3COC3CNC(=O)c3cccnc3)C34CCC(O)(CC3)CC4)ccc2c1. The van der Waals surface area contributed by atoms with E-state index in [4.69, 9.17) is 4.74 Å². The maximum absolute atomic E-state index is 12.6. The minimum atomic E-state index is -0.540. The van der Waals surface area contributed by atoms with E-state index < -0.39 is 5.60 Å². The molecule has 180 valence electrons. The summed E-state index contributed by atoms with van der Waals surface area (Å²) >= 11 is 0. The molecule has 2 unspecified atom stereocenters. The molecule has 3 aliphatic carbocycles. The second-order valence-corrected chi connectivity index (χ2v) is 10.1. The molecule has 7 rings (SSSR count). The van der Waals surface area contributed by atoms with E-state index in [0.717, 1.165) is 49.9 Å². The Bertz CT molecular complexity index is 1270. The molecule has 2 atom stereocenters. The van der Waals surface area contributed by atoms with Gasteiger partial charge in [0.1, 0.15) is 11.9 Å². The molecule has 3 saturated carbocycles. The predicted octanol–water partition coefficient (Wildman–Crippen LogP) is 2.44. The molecule has 2 bridgehead atoms. The van der Waals surface area contributed by atoms with E-state index in [2.05, 4.69) is 32.4 Å². The topological polar surface area (TPSA) is 116 Å². The lowest BCUT2D eigenvalue weighted by Crippen LogP contribution is -2.69. The Morgan fingerprint density at radius 1 is 1.23 bits per heavy atom. The maximum Gasteiger partial charge on any atom is 0.252 e. The monoisotopic (exact) mass is 472 g/mol. The smallest absolute Gasteiger partial charge is 0.252 e. The van der Waals surface area contributed by atoms with Crippen molar-refractivity contribution >= 4 is 17.2 Å². The van der Waals surface area contributed by atoms with Crippen LogP contribution in [0.25, 0.3) is 5.52 Å². The van der Waals surface area contributed by atoms with Gasteiger partial charge in [-0.05, 0) is 68.9 Å². The second kappa shape index (κ2) is 8.33. The number of fused-ring (bicyclic) bond motifs is 4. The fourth-order valence-corrected chi connectivity index (χ4v) is 6.05. The lowest BCUT2D eigenvalue weighted by atomic mass is 9.62. The number of hydrogen-bond acceptors (Lipinski definition) is 7. The number of aromatic nitrogens is 3. The lowest BCUT2D eigenvalue weighted by molar-refractivity contribution is -0.103. The standard InChI is InChI=1S/C26H28N6O3/c27-13-18-12-20-3-4-23(32(20)30-14-18)31(25-5-8-26(34,9-6-25)10-7-25)21-17-35-22(21)16-29-24(33)19-2-1-11-28-15-19/h1-4,11-12,14-15,21-22,34H,5-10,16-17H2,(H,29,33). The summed E-state index contributed by atoms with van der Waals surface area (Å²) in [7, 11) is 0. The van der Waals surface area contributed by atoms with Crippen molar-refractivity contribution in [2.24, 2.45) is 0 Å². The number of nitrogens with zero attached hydrogens (tertiary/aromatic N) is 5. The third-order valence-corrected chi connectivity index (χ3v) is 8.16. The Morgan fingerprint density at radius 2 is 2.03 bits per heavy atom. The van der Waals surface area contributed by atoms with E-state index in [-0.39, 0.29) is 23.6 Å². The summed E-state index contributed by atoms with van der Waals surface area (Å²) in [5, 5.41) is 27.7. The normalized spacial score (nSPS) is 29.4. The number of ether oxygens (including phenoxy) is 1. The Balaban J connectivity index is 1.31. The van der Waals surface area contributed by atoms with Crippen molar-refractivity contribution in [1.29, 1.82) is 5.26 Å². The number of carbonyl (C=O) groups excluding carboxylic acids is 1. The Hall–Kier alpha value is -3.48. The van der Waals surface area contributed by atoms with Crippen molar-refractivity contribution in [3.8, 4) is 6.07 Å². The molecule has 1 saturated heterocycles. The van der Waals surface area contributed by atoms with Crippen LogP contribution in [0.1, 0.15) is 54.4 Å². The summed E-state index contributed by atoms with van der Waals surface area (Å²) < 4.78 is 7.87. The zero-order chi connectivity index (χ0) is 24.0. The molecule has 4 aliphatic rings. The predicted molar refractivity (Wildman–Crippen MR) is 128 cm³/mol. The van der Waals surface area contributed by atoms with Crippen LogP contribution in [0.3, 0.4) is 0 Å². The van der Waals surface area contributed by atoms with Gasteiger partial charge in [-0.25, -0.2) is 4.52 Å². The molecule has 3 aromatic rings. The number of nitriles is 1. The molecule has 0 spiro atoms. The highest BCUT2D eigenvalue weighted by atomic mass is 16.5. The van der Waals surface area contributed by atoms with Crippen LogP contribution in [-0.2, 0) is 4.74 Å². The van der Waals surface area contributed by atoms with Gasteiger partial charge in [-0.2, -0.15) is 10.4 Å². The van der Waals surface area contributed by atoms with Crippen molar-refractivity contribution in [3.05, 3.63) is 60.0 Å². The third kappa shape index (κ3) is 3.74. The average molecular weight is 473 g/mol. The fraction of sp³-hybridized carbons (Fsp3) is 0.462. The molecule has 1 amide bonds. The van der Waals surface area contributed by atoms with Gasteiger partial charge < -0.3 is 20.1 Å². The van der Waals surface area contributed by atoms with E-state index in [1.807, 2.05) is 16.6 Å². The van der Waals surface area contributed by atoms with Gasteiger partial charge in [0.15, 0.2) is 0 Å². The molecule has 3 aromatic heterocycles.